The molecule has 0 saturated heterocycles. The Morgan fingerprint density at radius 2 is 1.06 bits per heavy atom. The summed E-state index contributed by atoms with van der Waals surface area (Å²) < 4.78 is 0. The van der Waals surface area contributed by atoms with E-state index in [2.05, 4.69) is 37.2 Å². The molecule has 10 atom stereocenters. The molecule has 2 rings (SSSR count). The summed E-state index contributed by atoms with van der Waals surface area (Å²) in [5.41, 5.74) is 7.11. The maximum Gasteiger partial charge on any atom is 0.326 e. The minimum Gasteiger partial charge on any atom is -0.508 e. The Morgan fingerprint density at radius 3 is 1.57 bits per heavy atom. The maximum absolute atomic E-state index is 14.0. The number of carbonyl (C=O) groups excluding carboxylic acids is 7. The van der Waals surface area contributed by atoms with Crippen molar-refractivity contribution in [2.24, 2.45) is 17.6 Å². The summed E-state index contributed by atoms with van der Waals surface area (Å²) in [7, 11) is 0. The number of phenolic OH excluding ortho intramolecular Hbond substituents is 1. The number of benzene rings is 2. The molecule has 22 nitrogen and oxygen atoms in total. The Hall–Kier alpha value is -6.65. The average molecular weight is 943 g/mol. The Morgan fingerprint density at radius 1 is 0.582 bits per heavy atom. The van der Waals surface area contributed by atoms with Gasteiger partial charge in [0.1, 0.15) is 48.0 Å². The zero-order valence-electron chi connectivity index (χ0n) is 38.5. The molecule has 0 heterocycles. The lowest BCUT2D eigenvalue weighted by atomic mass is 9.98. The zero-order valence-corrected chi connectivity index (χ0v) is 38.5. The SMILES string of the molecule is CC[C@H](C)[C@H](N)C(=O)N[C@@H](Cc1ccccc1)C(=O)N[C@H](C(=O)N[C@@H](CO)C(=O)N[C@@H](Cc1ccc(O)cc1)C(=O)N[C@@H](CCC(=O)O)C(=O)N[C@@H](C)C(=O)N[C@@H](CC(C)C)C(=O)O)[C@@H](C)O. The Kier molecular flexibility index (Phi) is 23.4. The summed E-state index contributed by atoms with van der Waals surface area (Å²) in [5, 5.41) is 66.4. The van der Waals surface area contributed by atoms with E-state index in [1.54, 1.807) is 51.1 Å². The van der Waals surface area contributed by atoms with E-state index in [4.69, 9.17) is 5.73 Å². The van der Waals surface area contributed by atoms with E-state index in [0.717, 1.165) is 0 Å². The van der Waals surface area contributed by atoms with Gasteiger partial charge in [-0.2, -0.15) is 0 Å². The van der Waals surface area contributed by atoms with Crippen molar-refractivity contribution in [1.29, 1.82) is 0 Å². The quantitative estimate of drug-likeness (QED) is 0.0454. The molecule has 7 amide bonds. The molecule has 0 aliphatic heterocycles. The first-order valence-corrected chi connectivity index (χ1v) is 21.9. The highest BCUT2D eigenvalue weighted by molar-refractivity contribution is 5.98. The third-order valence-corrected chi connectivity index (χ3v) is 10.7. The van der Waals surface area contributed by atoms with Crippen LogP contribution in [0.3, 0.4) is 0 Å². The van der Waals surface area contributed by atoms with Crippen LogP contribution in [0.1, 0.15) is 78.4 Å². The van der Waals surface area contributed by atoms with Gasteiger partial charge in [-0.05, 0) is 61.8 Å². The van der Waals surface area contributed by atoms with E-state index in [1.165, 1.54) is 38.1 Å². The number of aliphatic hydroxyl groups is 2. The molecule has 0 aliphatic rings. The van der Waals surface area contributed by atoms with Crippen LogP contribution >= 0.6 is 0 Å². The molecule has 0 bridgehead atoms. The first kappa shape index (κ1) is 56.5. The van der Waals surface area contributed by atoms with Crippen molar-refractivity contribution in [1.82, 2.24) is 37.2 Å². The number of phenols is 1. The number of carbonyl (C=O) groups is 9. The number of aromatic hydroxyl groups is 1. The molecule has 2 aromatic rings. The minimum atomic E-state index is -1.83. The molecule has 14 N–H and O–H groups in total. The second-order valence-corrected chi connectivity index (χ2v) is 16.8. The molecule has 2 aromatic carbocycles. The van der Waals surface area contributed by atoms with Gasteiger partial charge in [-0.3, -0.25) is 38.4 Å². The van der Waals surface area contributed by atoms with E-state index < -0.39 is 127 Å². The first-order valence-electron chi connectivity index (χ1n) is 21.9. The maximum atomic E-state index is 14.0. The number of hydrogen-bond donors (Lipinski definition) is 13. The molecule has 0 fully saturated rings. The van der Waals surface area contributed by atoms with Crippen molar-refractivity contribution < 1.29 is 68.7 Å². The highest BCUT2D eigenvalue weighted by atomic mass is 16.4. The van der Waals surface area contributed by atoms with Crippen LogP contribution in [0, 0.1) is 11.8 Å². The van der Waals surface area contributed by atoms with Gasteiger partial charge >= 0.3 is 11.9 Å². The third kappa shape index (κ3) is 19.4. The van der Waals surface area contributed by atoms with Crippen LogP contribution in [-0.2, 0) is 56.0 Å². The third-order valence-electron chi connectivity index (χ3n) is 10.7. The molecular formula is C45H66N8O14. The number of carboxylic acids is 2. The summed E-state index contributed by atoms with van der Waals surface area (Å²) in [5.74, 6) is -9.96. The number of amides is 7. The first-order chi connectivity index (χ1) is 31.5. The number of rotatable bonds is 28. The number of aliphatic carboxylic acids is 2. The molecule has 0 aromatic heterocycles. The molecule has 0 saturated carbocycles. The van der Waals surface area contributed by atoms with Crippen LogP contribution in [0.4, 0.5) is 0 Å². The van der Waals surface area contributed by atoms with Crippen molar-refractivity contribution in [2.45, 2.75) is 135 Å². The fraction of sp³-hybridized carbons (Fsp3) is 0.533. The van der Waals surface area contributed by atoms with E-state index in [-0.39, 0.29) is 36.8 Å². The lowest BCUT2D eigenvalue weighted by Crippen LogP contribution is -2.62. The largest absolute Gasteiger partial charge is 0.508 e. The average Bonchev–Trinajstić information content (AvgIpc) is 3.27. The standard InChI is InChI=1S/C45H66N8O14/c1-7-24(4)36(46)43(64)50-32(20-27-11-9-8-10-12-27)41(62)53-37(26(6)55)44(65)52-34(22-54)42(63)49-31(21-28-13-15-29(56)16-14-28)40(61)48-30(17-18-35(57)58)39(60)47-25(5)38(59)51-33(45(66)67)19-23(2)3/h8-16,23-26,30-34,36-37,54-56H,7,17-22,46H2,1-6H3,(H,47,60)(H,48,61)(H,49,63)(H,50,64)(H,51,59)(H,52,65)(H,53,62)(H,57,58)(H,66,67)/t24-,25-,26+,30-,31-,32-,33-,34-,36-,37-/m0/s1. The molecule has 0 radical (unpaired) electrons. The van der Waals surface area contributed by atoms with E-state index in [1.807, 2.05) is 6.92 Å². The van der Waals surface area contributed by atoms with Crippen LogP contribution in [0.2, 0.25) is 0 Å². The second-order valence-electron chi connectivity index (χ2n) is 16.8. The Balaban J connectivity index is 2.36. The smallest absolute Gasteiger partial charge is 0.326 e. The monoisotopic (exact) mass is 942 g/mol. The van der Waals surface area contributed by atoms with Crippen molar-refractivity contribution in [2.75, 3.05) is 6.61 Å². The fourth-order valence-corrected chi connectivity index (χ4v) is 6.48. The highest BCUT2D eigenvalue weighted by Crippen LogP contribution is 2.14. The van der Waals surface area contributed by atoms with Gasteiger partial charge in [-0.1, -0.05) is 76.6 Å². The van der Waals surface area contributed by atoms with E-state index in [0.29, 0.717) is 17.5 Å². The molecule has 67 heavy (non-hydrogen) atoms. The topological polar surface area (TPSA) is 365 Å². The van der Waals surface area contributed by atoms with Gasteiger partial charge in [-0.25, -0.2) is 4.79 Å². The normalized spacial score (nSPS) is 15.6. The van der Waals surface area contributed by atoms with Crippen LogP contribution in [0.25, 0.3) is 0 Å². The van der Waals surface area contributed by atoms with Gasteiger partial charge in [0.25, 0.3) is 0 Å². The summed E-state index contributed by atoms with van der Waals surface area (Å²) in [6.45, 7) is 8.44. The van der Waals surface area contributed by atoms with Gasteiger partial charge in [0.2, 0.25) is 41.4 Å². The number of nitrogens with one attached hydrogen (secondary N) is 7. The predicted molar refractivity (Wildman–Crippen MR) is 241 cm³/mol. The van der Waals surface area contributed by atoms with Crippen molar-refractivity contribution >= 4 is 53.3 Å². The van der Waals surface area contributed by atoms with E-state index in [9.17, 15) is 68.7 Å². The van der Waals surface area contributed by atoms with Crippen molar-refractivity contribution in [3.63, 3.8) is 0 Å². The minimum absolute atomic E-state index is 0.0369. The summed E-state index contributed by atoms with van der Waals surface area (Å²) in [4.78, 5) is 118. The van der Waals surface area contributed by atoms with Gasteiger partial charge in [-0.15, -0.1) is 0 Å². The lowest BCUT2D eigenvalue weighted by Gasteiger charge is -2.28. The van der Waals surface area contributed by atoms with E-state index >= 15 is 0 Å². The van der Waals surface area contributed by atoms with Gasteiger partial charge in [0.15, 0.2) is 0 Å². The second kappa shape index (κ2) is 27.7. The molecule has 0 aliphatic carbocycles. The van der Waals surface area contributed by atoms with Crippen LogP contribution in [0.15, 0.2) is 54.6 Å². The van der Waals surface area contributed by atoms with Gasteiger partial charge in [0, 0.05) is 19.3 Å². The Bertz CT molecular complexity index is 2000. The number of hydrogen-bond acceptors (Lipinski definition) is 13. The number of aliphatic hydroxyl groups excluding tert-OH is 2. The lowest BCUT2D eigenvalue weighted by molar-refractivity contribution is -0.142. The number of nitrogens with two attached hydrogens (primary N) is 1. The number of carboxylic acid groups (broad SMARTS) is 2. The molecular weight excluding hydrogens is 877 g/mol. The molecule has 22 heteroatoms. The fourth-order valence-electron chi connectivity index (χ4n) is 6.48. The van der Waals surface area contributed by atoms with Gasteiger partial charge in [0.05, 0.1) is 18.8 Å². The van der Waals surface area contributed by atoms with Crippen LogP contribution in [0.5, 0.6) is 5.75 Å². The van der Waals surface area contributed by atoms with Crippen LogP contribution in [-0.4, -0.2) is 140 Å². The predicted octanol–water partition coefficient (Wildman–Crippen LogP) is -1.67. The summed E-state index contributed by atoms with van der Waals surface area (Å²) >= 11 is 0. The van der Waals surface area contributed by atoms with Crippen molar-refractivity contribution in [3.8, 4) is 5.75 Å². The molecule has 370 valence electrons. The van der Waals surface area contributed by atoms with Gasteiger partial charge < -0.3 is 68.5 Å². The highest BCUT2D eigenvalue weighted by Gasteiger charge is 2.36. The summed E-state index contributed by atoms with van der Waals surface area (Å²) in [6, 6.07) is 2.27. The summed E-state index contributed by atoms with van der Waals surface area (Å²) in [6.07, 6.45) is -2.47. The molecule has 0 spiro atoms. The zero-order chi connectivity index (χ0) is 50.5. The van der Waals surface area contributed by atoms with Crippen molar-refractivity contribution in [3.05, 3.63) is 65.7 Å². The van der Waals surface area contributed by atoms with Crippen LogP contribution < -0.4 is 43.0 Å². The Labute approximate surface area is 388 Å². The molecule has 0 unspecified atom stereocenters.